The Morgan fingerprint density at radius 2 is 2.00 bits per heavy atom. The number of hydrogen-bond donors (Lipinski definition) is 1. The van der Waals surface area contributed by atoms with Gasteiger partial charge in [0, 0.05) is 17.8 Å². The Morgan fingerprint density at radius 3 is 2.83 bits per heavy atom. The van der Waals surface area contributed by atoms with Gasteiger partial charge in [-0.15, -0.1) is 0 Å². The van der Waals surface area contributed by atoms with Crippen LogP contribution in [-0.4, -0.2) is 23.3 Å². The zero-order chi connectivity index (χ0) is 16.7. The lowest BCUT2D eigenvalue weighted by Crippen LogP contribution is -2.50. The monoisotopic (exact) mass is 328 g/mol. The van der Waals surface area contributed by atoms with E-state index in [1.165, 1.54) is 24.8 Å². The third kappa shape index (κ3) is 1.73. The van der Waals surface area contributed by atoms with Gasteiger partial charge in [-0.05, 0) is 73.8 Å². The molecule has 7 unspecified atom stereocenters. The molecule has 3 heteroatoms. The van der Waals surface area contributed by atoms with Gasteiger partial charge >= 0.3 is 0 Å². The largest absolute Gasteiger partial charge is 0.365 e. The fourth-order valence-electron chi connectivity index (χ4n) is 7.28. The third-order valence-corrected chi connectivity index (χ3v) is 8.51. The van der Waals surface area contributed by atoms with Crippen molar-refractivity contribution in [1.29, 1.82) is 0 Å². The number of rotatable bonds is 0. The minimum atomic E-state index is -0.938. The van der Waals surface area contributed by atoms with Gasteiger partial charge in [-0.3, -0.25) is 4.79 Å². The summed E-state index contributed by atoms with van der Waals surface area (Å²) in [4.78, 5) is 11.9. The van der Waals surface area contributed by atoms with Gasteiger partial charge in [0.15, 0.2) is 11.6 Å². The second-order valence-corrected chi connectivity index (χ2v) is 9.38. The van der Waals surface area contributed by atoms with Crippen LogP contribution in [0, 0.1) is 34.5 Å². The number of hydrogen-bond acceptors (Lipinski definition) is 3. The molecule has 0 bridgehead atoms. The summed E-state index contributed by atoms with van der Waals surface area (Å²) < 4.78 is 5.87. The fourth-order valence-corrected chi connectivity index (χ4v) is 7.28. The van der Waals surface area contributed by atoms with Crippen LogP contribution in [0.15, 0.2) is 23.8 Å². The Kier molecular flexibility index (Phi) is 2.95. The van der Waals surface area contributed by atoms with E-state index in [-0.39, 0.29) is 10.8 Å². The zero-order valence-electron chi connectivity index (χ0n) is 14.8. The molecule has 24 heavy (non-hydrogen) atoms. The van der Waals surface area contributed by atoms with Gasteiger partial charge in [0.1, 0.15) is 0 Å². The molecular weight excluding hydrogens is 300 g/mol. The molecular formula is C21H28O3. The molecule has 1 spiro atoms. The van der Waals surface area contributed by atoms with Crippen molar-refractivity contribution in [3.8, 4) is 0 Å². The van der Waals surface area contributed by atoms with E-state index < -0.39 is 5.79 Å². The van der Waals surface area contributed by atoms with Crippen molar-refractivity contribution in [3.05, 3.63) is 23.8 Å². The Balaban J connectivity index is 1.55. The highest BCUT2D eigenvalue weighted by atomic mass is 16.6. The molecule has 3 nitrogen and oxygen atoms in total. The Labute approximate surface area is 144 Å². The summed E-state index contributed by atoms with van der Waals surface area (Å²) >= 11 is 0. The van der Waals surface area contributed by atoms with Crippen LogP contribution >= 0.6 is 0 Å². The van der Waals surface area contributed by atoms with Crippen LogP contribution in [-0.2, 0) is 9.53 Å². The van der Waals surface area contributed by atoms with Crippen LogP contribution in [0.1, 0.15) is 52.4 Å². The van der Waals surface area contributed by atoms with E-state index in [1.54, 1.807) is 0 Å². The van der Waals surface area contributed by atoms with Gasteiger partial charge in [-0.25, -0.2) is 0 Å². The lowest BCUT2D eigenvalue weighted by molar-refractivity contribution is -0.180. The number of carbonyl (C=O) groups excluding carboxylic acids is 1. The van der Waals surface area contributed by atoms with Gasteiger partial charge in [0.25, 0.3) is 0 Å². The molecule has 2 saturated carbocycles. The molecule has 1 saturated heterocycles. The van der Waals surface area contributed by atoms with Crippen molar-refractivity contribution in [3.63, 3.8) is 0 Å². The minimum absolute atomic E-state index is 0.162. The average Bonchev–Trinajstić information content (AvgIpc) is 3.04. The first kappa shape index (κ1) is 15.3. The van der Waals surface area contributed by atoms with Crippen LogP contribution in [0.4, 0.5) is 0 Å². The van der Waals surface area contributed by atoms with Gasteiger partial charge in [-0.2, -0.15) is 0 Å². The van der Waals surface area contributed by atoms with Crippen LogP contribution in [0.2, 0.25) is 0 Å². The zero-order valence-corrected chi connectivity index (χ0v) is 14.8. The second kappa shape index (κ2) is 4.62. The molecule has 7 atom stereocenters. The van der Waals surface area contributed by atoms with Gasteiger partial charge in [0.05, 0.1) is 6.61 Å². The molecule has 0 aromatic rings. The van der Waals surface area contributed by atoms with Crippen molar-refractivity contribution in [2.75, 3.05) is 6.61 Å². The predicted octanol–water partition coefficient (Wildman–Crippen LogP) is 3.63. The third-order valence-electron chi connectivity index (χ3n) is 8.51. The number of ketones is 1. The van der Waals surface area contributed by atoms with Gasteiger partial charge in [-0.1, -0.05) is 19.1 Å². The normalized spacial score (nSPS) is 55.5. The maximum atomic E-state index is 11.9. The molecule has 1 N–H and O–H groups in total. The van der Waals surface area contributed by atoms with Crippen molar-refractivity contribution in [1.82, 2.24) is 0 Å². The summed E-state index contributed by atoms with van der Waals surface area (Å²) in [6.45, 7) is 4.98. The topological polar surface area (TPSA) is 46.5 Å². The van der Waals surface area contributed by atoms with Crippen molar-refractivity contribution < 1.29 is 14.6 Å². The Morgan fingerprint density at radius 1 is 1.17 bits per heavy atom. The highest BCUT2D eigenvalue weighted by Gasteiger charge is 2.66. The molecule has 3 fully saturated rings. The summed E-state index contributed by atoms with van der Waals surface area (Å²) in [6.07, 6.45) is 12.9. The summed E-state index contributed by atoms with van der Waals surface area (Å²) in [5.41, 5.74) is 1.60. The lowest BCUT2D eigenvalue weighted by atomic mass is 9.48. The highest BCUT2D eigenvalue weighted by Crippen LogP contribution is 2.68. The van der Waals surface area contributed by atoms with Gasteiger partial charge < -0.3 is 9.84 Å². The molecule has 1 heterocycles. The molecule has 5 rings (SSSR count). The van der Waals surface area contributed by atoms with Crippen LogP contribution in [0.3, 0.4) is 0 Å². The molecule has 4 aliphatic carbocycles. The minimum Gasteiger partial charge on any atom is -0.365 e. The van der Waals surface area contributed by atoms with E-state index in [0.29, 0.717) is 35.9 Å². The standard InChI is InChI=1S/C21H28O3/c1-19-9-7-14(22)11-13(19)3-4-15-16(19)8-10-21-12-24-20(2,23)18(21)6-5-17(15)21/h3-4,11,15-18,23H,5-10,12H2,1-2H3. The second-order valence-electron chi connectivity index (χ2n) is 9.38. The first-order chi connectivity index (χ1) is 11.4. The molecule has 0 radical (unpaired) electrons. The first-order valence-corrected chi connectivity index (χ1v) is 9.66. The number of allylic oxidation sites excluding steroid dienone is 4. The Hall–Kier alpha value is -0.930. The van der Waals surface area contributed by atoms with E-state index in [2.05, 4.69) is 19.1 Å². The summed E-state index contributed by atoms with van der Waals surface area (Å²) in [5.74, 6) is 1.49. The number of aliphatic hydroxyl groups is 1. The van der Waals surface area contributed by atoms with E-state index in [1.807, 2.05) is 13.0 Å². The smallest absolute Gasteiger partial charge is 0.166 e. The van der Waals surface area contributed by atoms with E-state index >= 15 is 0 Å². The molecule has 0 aromatic carbocycles. The van der Waals surface area contributed by atoms with Crippen LogP contribution < -0.4 is 0 Å². The lowest BCUT2D eigenvalue weighted by Gasteiger charge is -2.55. The summed E-state index contributed by atoms with van der Waals surface area (Å²) in [5, 5.41) is 10.7. The maximum Gasteiger partial charge on any atom is 0.166 e. The predicted molar refractivity (Wildman–Crippen MR) is 91.0 cm³/mol. The molecule has 130 valence electrons. The molecule has 5 aliphatic rings. The maximum absolute atomic E-state index is 11.9. The van der Waals surface area contributed by atoms with Gasteiger partial charge in [0.2, 0.25) is 0 Å². The Bertz CT molecular complexity index is 660. The molecule has 0 amide bonds. The summed E-state index contributed by atoms with van der Waals surface area (Å²) in [6, 6.07) is 0. The SMILES string of the molecule is CC1(O)OCC23CCC4C(C=CC5=CC(=O)CCC54C)C2CCC13. The van der Waals surface area contributed by atoms with E-state index in [0.717, 1.165) is 19.4 Å². The molecule has 1 aliphatic heterocycles. The van der Waals surface area contributed by atoms with Crippen molar-refractivity contribution in [2.45, 2.75) is 58.2 Å². The van der Waals surface area contributed by atoms with E-state index in [9.17, 15) is 9.90 Å². The number of carbonyl (C=O) groups is 1. The van der Waals surface area contributed by atoms with Crippen LogP contribution in [0.5, 0.6) is 0 Å². The van der Waals surface area contributed by atoms with Crippen molar-refractivity contribution in [2.24, 2.45) is 34.5 Å². The number of fused-ring (bicyclic) bond motifs is 4. The number of ether oxygens (including phenoxy) is 1. The highest BCUT2D eigenvalue weighted by molar-refractivity contribution is 5.92. The fraction of sp³-hybridized carbons (Fsp3) is 0.762. The quantitative estimate of drug-likeness (QED) is 0.738. The molecule has 0 aromatic heterocycles. The summed E-state index contributed by atoms with van der Waals surface area (Å²) in [7, 11) is 0. The van der Waals surface area contributed by atoms with Crippen molar-refractivity contribution >= 4 is 5.78 Å². The van der Waals surface area contributed by atoms with Crippen LogP contribution in [0.25, 0.3) is 0 Å². The van der Waals surface area contributed by atoms with E-state index in [4.69, 9.17) is 4.74 Å². The average molecular weight is 328 g/mol. The first-order valence-electron chi connectivity index (χ1n) is 9.66.